The lowest BCUT2D eigenvalue weighted by molar-refractivity contribution is -0.124. The molecule has 4 heteroatoms. The summed E-state index contributed by atoms with van der Waals surface area (Å²) in [6, 6.07) is 6.80. The van der Waals surface area contributed by atoms with Crippen molar-refractivity contribution in [1.29, 1.82) is 0 Å². The van der Waals surface area contributed by atoms with Gasteiger partial charge in [-0.05, 0) is 50.1 Å². The normalized spacial score (nSPS) is 26.1. The summed E-state index contributed by atoms with van der Waals surface area (Å²) < 4.78 is 0. The molecule has 2 bridgehead atoms. The predicted molar refractivity (Wildman–Crippen MR) is 83.5 cm³/mol. The highest BCUT2D eigenvalue weighted by Crippen LogP contribution is 2.49. The molecule has 1 fully saturated rings. The first-order chi connectivity index (χ1) is 10.4. The highest BCUT2D eigenvalue weighted by molar-refractivity contribution is 6.04. The van der Waals surface area contributed by atoms with Crippen molar-refractivity contribution in [1.82, 2.24) is 0 Å². The highest BCUT2D eigenvalue weighted by atomic mass is 16.2. The number of ketones is 2. The Morgan fingerprint density at radius 3 is 2.59 bits per heavy atom. The molecule has 3 rings (SSSR count). The summed E-state index contributed by atoms with van der Waals surface area (Å²) in [5, 5.41) is 2.88. The molecule has 0 aliphatic heterocycles. The average molecular weight is 295 g/mol. The molecule has 2 atom stereocenters. The van der Waals surface area contributed by atoms with E-state index in [0.29, 0.717) is 24.1 Å². The van der Waals surface area contributed by atoms with E-state index in [9.17, 15) is 14.4 Å². The Labute approximate surface area is 128 Å². The van der Waals surface area contributed by atoms with Crippen LogP contribution in [0, 0.1) is 11.3 Å². The zero-order chi connectivity index (χ0) is 15.9. The molecule has 1 aromatic carbocycles. The van der Waals surface area contributed by atoms with Gasteiger partial charge in [0.25, 0.3) is 0 Å². The van der Waals surface area contributed by atoms with Crippen molar-refractivity contribution in [2.75, 3.05) is 5.32 Å². The van der Waals surface area contributed by atoms with Gasteiger partial charge in [0.2, 0.25) is 5.91 Å². The number of hydrogen-bond donors (Lipinski definition) is 1. The van der Waals surface area contributed by atoms with Gasteiger partial charge in [-0.15, -0.1) is 0 Å². The van der Waals surface area contributed by atoms with Crippen molar-refractivity contribution in [3.05, 3.63) is 54.1 Å². The second-order valence-electron chi connectivity index (χ2n) is 6.07. The maximum absolute atomic E-state index is 12.6. The molecule has 1 N–H and O–H groups in total. The van der Waals surface area contributed by atoms with Crippen molar-refractivity contribution in [3.63, 3.8) is 0 Å². The van der Waals surface area contributed by atoms with Crippen LogP contribution in [0.4, 0.5) is 5.69 Å². The zero-order valence-corrected chi connectivity index (χ0v) is 12.4. The molecular formula is C18H17NO3. The number of fused-ring (bicyclic) bond motifs is 2. The van der Waals surface area contributed by atoms with Crippen molar-refractivity contribution < 1.29 is 14.4 Å². The number of amides is 1. The predicted octanol–water partition coefficient (Wildman–Crippen LogP) is 2.92. The Morgan fingerprint density at radius 1 is 1.27 bits per heavy atom. The van der Waals surface area contributed by atoms with Crippen molar-refractivity contribution in [2.45, 2.75) is 19.8 Å². The molecule has 0 heterocycles. The minimum Gasteiger partial charge on any atom is -0.325 e. The van der Waals surface area contributed by atoms with E-state index in [1.807, 2.05) is 0 Å². The van der Waals surface area contributed by atoms with Gasteiger partial charge in [0.05, 0.1) is 5.41 Å². The summed E-state index contributed by atoms with van der Waals surface area (Å²) in [5.41, 5.74) is 1.41. The largest absolute Gasteiger partial charge is 0.325 e. The fourth-order valence-electron chi connectivity index (χ4n) is 3.19. The number of allylic oxidation sites excluding steroid dienone is 2. The van der Waals surface area contributed by atoms with Crippen LogP contribution in [-0.2, 0) is 9.59 Å². The Kier molecular flexibility index (Phi) is 3.32. The van der Waals surface area contributed by atoms with Crippen LogP contribution in [0.2, 0.25) is 0 Å². The number of Topliss-reactive ketones (excluding diaryl/α,β-unsaturated/α-hetero) is 1. The van der Waals surface area contributed by atoms with Crippen LogP contribution < -0.4 is 5.32 Å². The molecule has 0 radical (unpaired) electrons. The van der Waals surface area contributed by atoms with Crippen molar-refractivity contribution in [3.8, 4) is 0 Å². The first kappa shape index (κ1) is 14.4. The lowest BCUT2D eigenvalue weighted by Crippen LogP contribution is -2.34. The summed E-state index contributed by atoms with van der Waals surface area (Å²) >= 11 is 0. The van der Waals surface area contributed by atoms with Gasteiger partial charge in [0, 0.05) is 17.2 Å². The molecule has 2 aliphatic carbocycles. The van der Waals surface area contributed by atoms with E-state index in [-0.39, 0.29) is 23.4 Å². The Balaban J connectivity index is 1.80. The third-order valence-corrected chi connectivity index (χ3v) is 4.52. The topological polar surface area (TPSA) is 63.2 Å². The number of carbonyl (C=O) groups is 3. The maximum atomic E-state index is 12.6. The van der Waals surface area contributed by atoms with E-state index in [4.69, 9.17) is 0 Å². The zero-order valence-electron chi connectivity index (χ0n) is 12.4. The van der Waals surface area contributed by atoms with Gasteiger partial charge in [0.1, 0.15) is 0 Å². The lowest BCUT2D eigenvalue weighted by Gasteiger charge is -2.26. The number of benzene rings is 1. The van der Waals surface area contributed by atoms with E-state index in [0.717, 1.165) is 5.57 Å². The van der Waals surface area contributed by atoms with Crippen LogP contribution in [0.1, 0.15) is 30.1 Å². The van der Waals surface area contributed by atoms with Gasteiger partial charge in [-0.3, -0.25) is 14.4 Å². The average Bonchev–Trinajstić information content (AvgIpc) is 2.78. The van der Waals surface area contributed by atoms with E-state index in [1.165, 1.54) is 13.0 Å². The number of nitrogens with one attached hydrogen (secondary N) is 1. The Bertz CT molecular complexity index is 714. The van der Waals surface area contributed by atoms with Gasteiger partial charge in [-0.1, -0.05) is 18.2 Å². The summed E-state index contributed by atoms with van der Waals surface area (Å²) in [4.78, 5) is 35.7. The third kappa shape index (κ3) is 2.30. The SMILES string of the molecule is C=C1C[C@@]2(C(=O)Nc3ccc(C(C)=O)cc3)C=CC(=O)[C@@H]1C2. The summed E-state index contributed by atoms with van der Waals surface area (Å²) in [7, 11) is 0. The van der Waals surface area contributed by atoms with E-state index < -0.39 is 5.41 Å². The maximum Gasteiger partial charge on any atom is 0.234 e. The number of hydrogen-bond acceptors (Lipinski definition) is 3. The highest BCUT2D eigenvalue weighted by Gasteiger charge is 2.49. The smallest absolute Gasteiger partial charge is 0.234 e. The number of anilines is 1. The van der Waals surface area contributed by atoms with Gasteiger partial charge in [0.15, 0.2) is 11.6 Å². The molecule has 22 heavy (non-hydrogen) atoms. The molecule has 1 amide bonds. The van der Waals surface area contributed by atoms with E-state index in [1.54, 1.807) is 30.3 Å². The summed E-state index contributed by atoms with van der Waals surface area (Å²) in [6.07, 6.45) is 4.23. The van der Waals surface area contributed by atoms with Gasteiger partial charge < -0.3 is 5.32 Å². The molecule has 1 saturated carbocycles. The van der Waals surface area contributed by atoms with Crippen molar-refractivity contribution in [2.24, 2.45) is 11.3 Å². The Hall–Kier alpha value is -2.49. The number of carbonyl (C=O) groups excluding carboxylic acids is 3. The standard InChI is InChI=1S/C18H17NO3/c1-11-9-18(8-7-16(21)15(11)10-18)17(22)19-14-5-3-13(4-6-14)12(2)20/h3-8,15H,1,9-10H2,2H3,(H,19,22)/t15-,18+/m1/s1. The summed E-state index contributed by atoms with van der Waals surface area (Å²) in [6.45, 7) is 5.44. The fraction of sp³-hybridized carbons (Fsp3) is 0.278. The van der Waals surface area contributed by atoms with Crippen LogP contribution in [0.25, 0.3) is 0 Å². The Morgan fingerprint density at radius 2 is 1.95 bits per heavy atom. The quantitative estimate of drug-likeness (QED) is 0.689. The second kappa shape index (κ2) is 5.05. The molecule has 2 aliphatic rings. The van der Waals surface area contributed by atoms with Crippen LogP contribution >= 0.6 is 0 Å². The monoisotopic (exact) mass is 295 g/mol. The van der Waals surface area contributed by atoms with Crippen molar-refractivity contribution >= 4 is 23.2 Å². The van der Waals surface area contributed by atoms with Crippen LogP contribution in [0.3, 0.4) is 0 Å². The van der Waals surface area contributed by atoms with E-state index in [2.05, 4.69) is 11.9 Å². The molecule has 0 unspecified atom stereocenters. The summed E-state index contributed by atoms with van der Waals surface area (Å²) in [5.74, 6) is -0.330. The minimum absolute atomic E-state index is 0.0138. The molecule has 0 saturated heterocycles. The first-order valence-electron chi connectivity index (χ1n) is 7.24. The van der Waals surface area contributed by atoms with E-state index >= 15 is 0 Å². The minimum atomic E-state index is -0.672. The number of rotatable bonds is 3. The molecule has 112 valence electrons. The molecule has 4 nitrogen and oxygen atoms in total. The van der Waals surface area contributed by atoms with Crippen LogP contribution in [0.15, 0.2) is 48.6 Å². The molecule has 1 aromatic rings. The molecular weight excluding hydrogens is 278 g/mol. The van der Waals surface area contributed by atoms with Gasteiger partial charge in [-0.2, -0.15) is 0 Å². The third-order valence-electron chi connectivity index (χ3n) is 4.52. The lowest BCUT2D eigenvalue weighted by atomic mass is 9.79. The fourth-order valence-corrected chi connectivity index (χ4v) is 3.19. The van der Waals surface area contributed by atoms with Crippen LogP contribution in [-0.4, -0.2) is 17.5 Å². The van der Waals surface area contributed by atoms with Gasteiger partial charge in [-0.25, -0.2) is 0 Å². The molecule has 0 aromatic heterocycles. The van der Waals surface area contributed by atoms with Gasteiger partial charge >= 0.3 is 0 Å². The van der Waals surface area contributed by atoms with Crippen LogP contribution in [0.5, 0.6) is 0 Å². The molecule has 0 spiro atoms. The second-order valence-corrected chi connectivity index (χ2v) is 6.07. The first-order valence-corrected chi connectivity index (χ1v) is 7.24.